The predicted molar refractivity (Wildman–Crippen MR) is 74.5 cm³/mol. The fourth-order valence-electron chi connectivity index (χ4n) is 2.37. The van der Waals surface area contributed by atoms with Gasteiger partial charge in [-0.25, -0.2) is 0 Å². The molecule has 2 N–H and O–H groups in total. The lowest BCUT2D eigenvalue weighted by molar-refractivity contribution is 0.708. The van der Waals surface area contributed by atoms with E-state index in [9.17, 15) is 0 Å². The van der Waals surface area contributed by atoms with Crippen molar-refractivity contribution in [2.24, 2.45) is 5.73 Å². The second-order valence-electron chi connectivity index (χ2n) is 5.00. The van der Waals surface area contributed by atoms with E-state index >= 15 is 0 Å². The van der Waals surface area contributed by atoms with Crippen LogP contribution in [-0.2, 0) is 5.41 Å². The Morgan fingerprint density at radius 3 is 2.71 bits per heavy atom. The van der Waals surface area contributed by atoms with Crippen molar-refractivity contribution in [1.82, 2.24) is 0 Å². The second kappa shape index (κ2) is 3.97. The molecule has 0 aliphatic heterocycles. The van der Waals surface area contributed by atoms with Crippen LogP contribution in [0.2, 0.25) is 0 Å². The minimum Gasteiger partial charge on any atom is -0.330 e. The third-order valence-electron chi connectivity index (χ3n) is 3.87. The number of nitrogens with two attached hydrogens (primary N) is 1. The topological polar surface area (TPSA) is 26.0 Å². The van der Waals surface area contributed by atoms with Crippen LogP contribution >= 0.6 is 11.3 Å². The van der Waals surface area contributed by atoms with Crippen molar-refractivity contribution in [2.45, 2.75) is 25.2 Å². The van der Waals surface area contributed by atoms with Crippen molar-refractivity contribution >= 4 is 11.3 Å². The van der Waals surface area contributed by atoms with E-state index in [1.807, 2.05) is 11.3 Å². The molecular formula is C15H17NS. The first-order valence-corrected chi connectivity index (χ1v) is 6.98. The first-order valence-electron chi connectivity index (χ1n) is 6.10. The summed E-state index contributed by atoms with van der Waals surface area (Å²) in [5.41, 5.74) is 10.4. The molecule has 0 atom stereocenters. The van der Waals surface area contributed by atoms with E-state index in [1.165, 1.54) is 34.4 Å². The highest BCUT2D eigenvalue weighted by Crippen LogP contribution is 2.49. The van der Waals surface area contributed by atoms with Gasteiger partial charge in [-0.05, 0) is 47.9 Å². The molecule has 1 aliphatic carbocycles. The first-order chi connectivity index (χ1) is 8.25. The van der Waals surface area contributed by atoms with Crippen LogP contribution in [0.4, 0.5) is 0 Å². The summed E-state index contributed by atoms with van der Waals surface area (Å²) in [6, 6.07) is 10.9. The maximum Gasteiger partial charge on any atom is 0.0348 e. The normalized spacial score (nSPS) is 17.1. The Morgan fingerprint density at radius 1 is 1.29 bits per heavy atom. The molecule has 1 saturated carbocycles. The highest BCUT2D eigenvalue weighted by atomic mass is 32.1. The molecule has 17 heavy (non-hydrogen) atoms. The Balaban J connectivity index is 1.99. The summed E-state index contributed by atoms with van der Waals surface area (Å²) in [6.07, 6.45) is 2.51. The zero-order valence-electron chi connectivity index (χ0n) is 10.1. The zero-order chi connectivity index (χ0) is 11.9. The quantitative estimate of drug-likeness (QED) is 0.873. The summed E-state index contributed by atoms with van der Waals surface area (Å²) in [6.45, 7) is 2.96. The summed E-state index contributed by atoms with van der Waals surface area (Å²) < 4.78 is 0. The fourth-order valence-corrected chi connectivity index (χ4v) is 3.49. The van der Waals surface area contributed by atoms with Gasteiger partial charge in [0.1, 0.15) is 0 Å². The summed E-state index contributed by atoms with van der Waals surface area (Å²) >= 11 is 1.84. The molecule has 3 rings (SSSR count). The molecule has 0 bridgehead atoms. The molecule has 0 spiro atoms. The van der Waals surface area contributed by atoms with Gasteiger partial charge in [-0.3, -0.25) is 0 Å². The third kappa shape index (κ3) is 1.81. The summed E-state index contributed by atoms with van der Waals surface area (Å²) in [5, 5.41) is 2.29. The maximum absolute atomic E-state index is 5.88. The zero-order valence-corrected chi connectivity index (χ0v) is 10.9. The van der Waals surface area contributed by atoms with E-state index in [1.54, 1.807) is 0 Å². The van der Waals surface area contributed by atoms with Crippen molar-refractivity contribution < 1.29 is 0 Å². The number of thiophene rings is 1. The summed E-state index contributed by atoms with van der Waals surface area (Å²) in [5.74, 6) is 0. The van der Waals surface area contributed by atoms with Gasteiger partial charge in [0.2, 0.25) is 0 Å². The average Bonchev–Trinajstić information content (AvgIpc) is 3.00. The van der Waals surface area contributed by atoms with Crippen molar-refractivity contribution in [3.8, 4) is 10.4 Å². The van der Waals surface area contributed by atoms with Gasteiger partial charge >= 0.3 is 0 Å². The lowest BCUT2D eigenvalue weighted by Gasteiger charge is -2.09. The number of rotatable bonds is 3. The second-order valence-corrected chi connectivity index (χ2v) is 5.91. The van der Waals surface area contributed by atoms with Gasteiger partial charge in [-0.15, -0.1) is 11.3 Å². The van der Waals surface area contributed by atoms with Gasteiger partial charge in [0.25, 0.3) is 0 Å². The van der Waals surface area contributed by atoms with Crippen LogP contribution < -0.4 is 5.73 Å². The number of hydrogen-bond acceptors (Lipinski definition) is 2. The Bertz CT molecular complexity index is 537. The van der Waals surface area contributed by atoms with Gasteiger partial charge in [0, 0.05) is 16.8 Å². The SMILES string of the molecule is Cc1ccccc1-c1cc(C2(CN)CC2)cs1. The molecule has 1 heterocycles. The largest absolute Gasteiger partial charge is 0.330 e. The highest BCUT2D eigenvalue weighted by molar-refractivity contribution is 7.13. The monoisotopic (exact) mass is 243 g/mol. The molecular weight excluding hydrogens is 226 g/mol. The summed E-state index contributed by atoms with van der Waals surface area (Å²) in [7, 11) is 0. The van der Waals surface area contributed by atoms with Gasteiger partial charge < -0.3 is 5.73 Å². The molecule has 1 aromatic heterocycles. The predicted octanol–water partition coefficient (Wildman–Crippen LogP) is 3.71. The highest BCUT2D eigenvalue weighted by Gasteiger charge is 2.43. The molecule has 0 radical (unpaired) electrons. The molecule has 1 fully saturated rings. The van der Waals surface area contributed by atoms with Crippen LogP contribution in [0.3, 0.4) is 0 Å². The number of hydrogen-bond donors (Lipinski definition) is 1. The van der Waals surface area contributed by atoms with Gasteiger partial charge in [0.05, 0.1) is 0 Å². The number of aryl methyl sites for hydroxylation is 1. The number of benzene rings is 1. The van der Waals surface area contributed by atoms with Gasteiger partial charge in [0.15, 0.2) is 0 Å². The minimum absolute atomic E-state index is 0.317. The van der Waals surface area contributed by atoms with E-state index < -0.39 is 0 Å². The lowest BCUT2D eigenvalue weighted by Crippen LogP contribution is -2.18. The van der Waals surface area contributed by atoms with E-state index in [-0.39, 0.29) is 0 Å². The third-order valence-corrected chi connectivity index (χ3v) is 4.83. The van der Waals surface area contributed by atoms with Crippen LogP contribution in [0.25, 0.3) is 10.4 Å². The molecule has 1 aliphatic rings. The van der Waals surface area contributed by atoms with Crippen molar-refractivity contribution in [3.05, 3.63) is 46.8 Å². The molecule has 88 valence electrons. The molecule has 0 saturated heterocycles. The van der Waals surface area contributed by atoms with E-state index in [0.717, 1.165) is 6.54 Å². The van der Waals surface area contributed by atoms with E-state index in [0.29, 0.717) is 5.41 Å². The summed E-state index contributed by atoms with van der Waals surface area (Å²) in [4.78, 5) is 1.37. The molecule has 0 unspecified atom stereocenters. The van der Waals surface area contributed by atoms with Crippen LogP contribution in [0.15, 0.2) is 35.7 Å². The van der Waals surface area contributed by atoms with Crippen LogP contribution in [0, 0.1) is 6.92 Å². The van der Waals surface area contributed by atoms with Gasteiger partial charge in [-0.1, -0.05) is 24.3 Å². The Hall–Kier alpha value is -1.12. The standard InChI is InChI=1S/C15H17NS/c1-11-4-2-3-5-13(11)14-8-12(9-17-14)15(10-16)6-7-15/h2-5,8-9H,6-7,10,16H2,1H3. The van der Waals surface area contributed by atoms with Crippen molar-refractivity contribution in [2.75, 3.05) is 6.54 Å². The Labute approximate surface area is 106 Å². The molecule has 2 heteroatoms. The Kier molecular flexibility index (Phi) is 2.57. The fraction of sp³-hybridized carbons (Fsp3) is 0.333. The van der Waals surface area contributed by atoms with Crippen molar-refractivity contribution in [1.29, 1.82) is 0 Å². The van der Waals surface area contributed by atoms with Crippen LogP contribution in [-0.4, -0.2) is 6.54 Å². The average molecular weight is 243 g/mol. The molecule has 1 aromatic carbocycles. The lowest BCUT2D eigenvalue weighted by atomic mass is 9.98. The van der Waals surface area contributed by atoms with Gasteiger partial charge in [-0.2, -0.15) is 0 Å². The minimum atomic E-state index is 0.317. The smallest absolute Gasteiger partial charge is 0.0348 e. The molecule has 2 aromatic rings. The van der Waals surface area contributed by atoms with E-state index in [2.05, 4.69) is 42.6 Å². The molecule has 0 amide bonds. The Morgan fingerprint density at radius 2 is 2.06 bits per heavy atom. The molecule has 1 nitrogen and oxygen atoms in total. The maximum atomic E-state index is 5.88. The van der Waals surface area contributed by atoms with Crippen LogP contribution in [0.1, 0.15) is 24.0 Å². The van der Waals surface area contributed by atoms with Crippen molar-refractivity contribution in [3.63, 3.8) is 0 Å². The van der Waals surface area contributed by atoms with Crippen LogP contribution in [0.5, 0.6) is 0 Å². The first kappa shape index (κ1) is 11.0. The van der Waals surface area contributed by atoms with E-state index in [4.69, 9.17) is 5.73 Å².